The van der Waals surface area contributed by atoms with Crippen LogP contribution >= 0.6 is 11.3 Å². The number of ether oxygens (including phenoxy) is 5. The van der Waals surface area contributed by atoms with Gasteiger partial charge in [0, 0.05) is 36.5 Å². The Kier molecular flexibility index (Phi) is 10.4. The van der Waals surface area contributed by atoms with Gasteiger partial charge in [0.2, 0.25) is 0 Å². The molecule has 3 heterocycles. The van der Waals surface area contributed by atoms with E-state index in [1.807, 2.05) is 0 Å². The normalized spacial score (nSPS) is 16.3. The van der Waals surface area contributed by atoms with Gasteiger partial charge in [-0.15, -0.1) is 0 Å². The van der Waals surface area contributed by atoms with Crippen molar-refractivity contribution in [1.82, 2.24) is 4.57 Å². The number of carbonyl (C=O) groups is 2. The van der Waals surface area contributed by atoms with Crippen LogP contribution in [0.2, 0.25) is 0 Å². The highest BCUT2D eigenvalue weighted by Gasteiger charge is 2.34. The van der Waals surface area contributed by atoms with Crippen molar-refractivity contribution in [3.63, 3.8) is 0 Å². The number of hydrogen-bond donors (Lipinski definition) is 0. The number of thiazole rings is 1. The summed E-state index contributed by atoms with van der Waals surface area (Å²) in [6.07, 6.45) is 1.62. The summed E-state index contributed by atoms with van der Waals surface area (Å²) in [6.45, 7) is 7.36. The molecule has 2 aliphatic rings. The number of anilines is 1. The molecule has 2 aliphatic heterocycles. The second-order valence-corrected chi connectivity index (χ2v) is 11.4. The third-order valence-electron chi connectivity index (χ3n) is 7.53. The molecule has 0 spiro atoms. The predicted octanol–water partition coefficient (Wildman–Crippen LogP) is 2.49. The maximum absolute atomic E-state index is 14.3. The van der Waals surface area contributed by atoms with Crippen LogP contribution in [0, 0.1) is 10.1 Å². The van der Waals surface area contributed by atoms with Crippen LogP contribution in [0.15, 0.2) is 57.5 Å². The first kappa shape index (κ1) is 33.3. The van der Waals surface area contributed by atoms with E-state index in [1.165, 1.54) is 23.8 Å². The molecule has 1 aromatic heterocycles. The standard InChI is InChI=1S/C32H34N4O10S/c1-5-44-25-16-20(7-10-24(25)46-18-27(37)42-4)29-28(31(39)45-6-2)19(3)33-32-35(29)30(38)26(47-32)17-21-15-22(36(40)41)8-9-23(21)34-11-13-43-14-12-34/h7-10,15-17,29H,5-6,11-14,18H2,1-4H3/b26-17-/t29-/m0/s1. The van der Waals surface area contributed by atoms with Gasteiger partial charge in [0.15, 0.2) is 22.9 Å². The van der Waals surface area contributed by atoms with Crippen LogP contribution in [-0.2, 0) is 23.8 Å². The highest BCUT2D eigenvalue weighted by atomic mass is 32.1. The number of morpholine rings is 1. The zero-order valence-electron chi connectivity index (χ0n) is 26.3. The van der Waals surface area contributed by atoms with Crippen molar-refractivity contribution < 1.29 is 38.2 Å². The summed E-state index contributed by atoms with van der Waals surface area (Å²) in [5, 5.41) is 11.7. The number of hydrogen-bond acceptors (Lipinski definition) is 13. The summed E-state index contributed by atoms with van der Waals surface area (Å²) < 4.78 is 28.7. The second kappa shape index (κ2) is 14.6. The lowest BCUT2D eigenvalue weighted by molar-refractivity contribution is -0.384. The first-order valence-corrected chi connectivity index (χ1v) is 15.8. The van der Waals surface area contributed by atoms with Gasteiger partial charge in [0.05, 0.1) is 60.3 Å². The van der Waals surface area contributed by atoms with Crippen molar-refractivity contribution in [2.24, 2.45) is 4.99 Å². The molecule has 0 bridgehead atoms. The van der Waals surface area contributed by atoms with Gasteiger partial charge in [-0.1, -0.05) is 17.4 Å². The van der Waals surface area contributed by atoms with Gasteiger partial charge in [-0.25, -0.2) is 14.6 Å². The molecule has 5 rings (SSSR count). The monoisotopic (exact) mass is 666 g/mol. The van der Waals surface area contributed by atoms with E-state index >= 15 is 0 Å². The topological polar surface area (TPSA) is 161 Å². The molecule has 0 unspecified atom stereocenters. The fraction of sp³-hybridized carbons (Fsp3) is 0.375. The molecular weight excluding hydrogens is 632 g/mol. The number of methoxy groups -OCH3 is 1. The fourth-order valence-corrected chi connectivity index (χ4v) is 6.43. The maximum atomic E-state index is 14.3. The molecule has 15 heteroatoms. The lowest BCUT2D eigenvalue weighted by Crippen LogP contribution is -2.40. The fourth-order valence-electron chi connectivity index (χ4n) is 5.39. The van der Waals surface area contributed by atoms with E-state index in [0.29, 0.717) is 53.7 Å². The zero-order chi connectivity index (χ0) is 33.7. The second-order valence-electron chi connectivity index (χ2n) is 10.4. The number of esters is 2. The number of carbonyl (C=O) groups excluding carboxylic acids is 2. The number of allylic oxidation sites excluding steroid dienone is 1. The molecule has 1 atom stereocenters. The lowest BCUT2D eigenvalue weighted by atomic mass is 9.95. The van der Waals surface area contributed by atoms with E-state index < -0.39 is 28.5 Å². The minimum absolute atomic E-state index is 0.106. The van der Waals surface area contributed by atoms with Gasteiger partial charge in [0.1, 0.15) is 0 Å². The lowest BCUT2D eigenvalue weighted by Gasteiger charge is -2.30. The average molecular weight is 667 g/mol. The summed E-state index contributed by atoms with van der Waals surface area (Å²) >= 11 is 1.11. The van der Waals surface area contributed by atoms with Crippen molar-refractivity contribution in [2.75, 3.05) is 58.1 Å². The van der Waals surface area contributed by atoms with Crippen molar-refractivity contribution in [1.29, 1.82) is 0 Å². The van der Waals surface area contributed by atoms with Crippen molar-refractivity contribution in [3.8, 4) is 11.5 Å². The first-order valence-electron chi connectivity index (χ1n) is 14.9. The Morgan fingerprint density at radius 2 is 1.87 bits per heavy atom. The van der Waals surface area contributed by atoms with Crippen molar-refractivity contribution >= 4 is 40.7 Å². The van der Waals surface area contributed by atoms with Crippen LogP contribution < -0.4 is 29.3 Å². The molecule has 1 saturated heterocycles. The minimum atomic E-state index is -0.954. The number of rotatable bonds is 11. The summed E-state index contributed by atoms with van der Waals surface area (Å²) in [4.78, 5) is 57.6. The predicted molar refractivity (Wildman–Crippen MR) is 172 cm³/mol. The Balaban J connectivity index is 1.69. The maximum Gasteiger partial charge on any atom is 0.343 e. The van der Waals surface area contributed by atoms with Gasteiger partial charge in [-0.3, -0.25) is 19.5 Å². The van der Waals surface area contributed by atoms with Crippen LogP contribution in [0.5, 0.6) is 11.5 Å². The number of nitro benzene ring substituents is 1. The Morgan fingerprint density at radius 3 is 2.55 bits per heavy atom. The number of benzene rings is 2. The molecule has 14 nitrogen and oxygen atoms in total. The van der Waals surface area contributed by atoms with E-state index in [1.54, 1.807) is 51.1 Å². The Bertz CT molecular complexity index is 1910. The minimum Gasteiger partial charge on any atom is -0.490 e. The Morgan fingerprint density at radius 1 is 1.11 bits per heavy atom. The van der Waals surface area contributed by atoms with Crippen molar-refractivity contribution in [2.45, 2.75) is 26.8 Å². The quantitative estimate of drug-likeness (QED) is 0.168. The summed E-state index contributed by atoms with van der Waals surface area (Å²) in [5.74, 6) is -0.647. The van der Waals surface area contributed by atoms with E-state index in [4.69, 9.17) is 18.9 Å². The van der Waals surface area contributed by atoms with Gasteiger partial charge in [-0.05, 0) is 50.6 Å². The van der Waals surface area contributed by atoms with E-state index in [9.17, 15) is 24.5 Å². The van der Waals surface area contributed by atoms with Crippen LogP contribution in [-0.4, -0.2) is 74.7 Å². The molecule has 0 N–H and O–H groups in total. The number of non-ortho nitro benzene ring substituents is 1. The summed E-state index contributed by atoms with van der Waals surface area (Å²) in [5.41, 5.74) is 1.71. The molecule has 47 heavy (non-hydrogen) atoms. The van der Waals surface area contributed by atoms with Gasteiger partial charge in [0.25, 0.3) is 11.2 Å². The van der Waals surface area contributed by atoms with Crippen LogP contribution in [0.4, 0.5) is 11.4 Å². The van der Waals surface area contributed by atoms with Gasteiger partial charge >= 0.3 is 11.9 Å². The smallest absolute Gasteiger partial charge is 0.343 e. The zero-order valence-corrected chi connectivity index (χ0v) is 27.2. The number of nitrogens with zero attached hydrogens (tertiary/aromatic N) is 4. The van der Waals surface area contributed by atoms with Crippen LogP contribution in [0.3, 0.4) is 0 Å². The molecule has 1 fully saturated rings. The molecule has 3 aromatic rings. The molecule has 248 valence electrons. The molecular formula is C32H34N4O10S. The van der Waals surface area contributed by atoms with E-state index in [0.717, 1.165) is 17.0 Å². The van der Waals surface area contributed by atoms with Gasteiger partial charge < -0.3 is 28.6 Å². The Hall–Kier alpha value is -5.02. The molecule has 2 aromatic carbocycles. The number of nitro groups is 1. The van der Waals surface area contributed by atoms with E-state index in [2.05, 4.69) is 14.6 Å². The van der Waals surface area contributed by atoms with E-state index in [-0.39, 0.29) is 41.4 Å². The van der Waals surface area contributed by atoms with Crippen LogP contribution in [0.1, 0.15) is 37.9 Å². The molecule has 0 amide bonds. The Labute approximate surface area is 273 Å². The number of fused-ring (bicyclic) bond motifs is 1. The highest BCUT2D eigenvalue weighted by Crippen LogP contribution is 2.36. The molecule has 0 radical (unpaired) electrons. The third kappa shape index (κ3) is 7.05. The molecule has 0 saturated carbocycles. The first-order chi connectivity index (χ1) is 22.7. The third-order valence-corrected chi connectivity index (χ3v) is 8.52. The summed E-state index contributed by atoms with van der Waals surface area (Å²) in [6, 6.07) is 8.51. The van der Waals surface area contributed by atoms with Crippen LogP contribution in [0.25, 0.3) is 6.08 Å². The largest absolute Gasteiger partial charge is 0.490 e. The van der Waals surface area contributed by atoms with Gasteiger partial charge in [-0.2, -0.15) is 0 Å². The SMILES string of the molecule is CCOC(=O)C1=C(C)N=c2s/c(=C\c3cc([N+](=O)[O-])ccc3N3CCOCC3)c(=O)n2[C@H]1c1ccc(OCC(=O)OC)c(OCC)c1. The molecule has 0 aliphatic carbocycles. The average Bonchev–Trinajstić information content (AvgIpc) is 3.37. The summed E-state index contributed by atoms with van der Waals surface area (Å²) in [7, 11) is 1.25. The number of aromatic nitrogens is 1. The van der Waals surface area contributed by atoms with Crippen molar-refractivity contribution in [3.05, 3.63) is 88.6 Å². The highest BCUT2D eigenvalue weighted by molar-refractivity contribution is 7.07.